The molecule has 1 N–H and O–H groups in total. The van der Waals surface area contributed by atoms with Crippen molar-refractivity contribution in [3.05, 3.63) is 63.6 Å². The standard InChI is InChI=1S/C23H26ClN3O5S/c24-18-7-5-17(6-8-18)11-12-25-22(28)16-27-20-10-9-19(15-21(20)32-23(27)29)33(30,31)26-13-3-1-2-4-14-26/h5-10,15H,1-4,11-14,16H2,(H,25,28). The molecule has 2 heterocycles. The van der Waals surface area contributed by atoms with Crippen molar-refractivity contribution in [1.82, 2.24) is 14.2 Å². The molecular formula is C23H26ClN3O5S. The summed E-state index contributed by atoms with van der Waals surface area (Å²) < 4.78 is 34.0. The van der Waals surface area contributed by atoms with E-state index in [9.17, 15) is 18.0 Å². The minimum absolute atomic E-state index is 0.0882. The van der Waals surface area contributed by atoms with Gasteiger partial charge in [0.1, 0.15) is 6.54 Å². The lowest BCUT2D eigenvalue weighted by Crippen LogP contribution is -2.32. The van der Waals surface area contributed by atoms with Crippen molar-refractivity contribution in [2.45, 2.75) is 43.5 Å². The summed E-state index contributed by atoms with van der Waals surface area (Å²) in [6.45, 7) is 1.16. The molecule has 1 aliphatic heterocycles. The maximum Gasteiger partial charge on any atom is 0.420 e. The summed E-state index contributed by atoms with van der Waals surface area (Å²) in [6, 6.07) is 11.7. The molecule has 1 saturated heterocycles. The van der Waals surface area contributed by atoms with Crippen LogP contribution in [0.15, 0.2) is 56.6 Å². The van der Waals surface area contributed by atoms with E-state index in [0.29, 0.717) is 36.6 Å². The normalized spacial score (nSPS) is 15.4. The summed E-state index contributed by atoms with van der Waals surface area (Å²) in [5, 5.41) is 3.43. The Labute approximate surface area is 197 Å². The van der Waals surface area contributed by atoms with Gasteiger partial charge in [0.25, 0.3) is 0 Å². The van der Waals surface area contributed by atoms with Crippen LogP contribution in [0.5, 0.6) is 0 Å². The molecule has 0 radical (unpaired) electrons. The number of aromatic nitrogens is 1. The minimum Gasteiger partial charge on any atom is -0.408 e. The van der Waals surface area contributed by atoms with Gasteiger partial charge in [-0.15, -0.1) is 0 Å². The molecule has 0 atom stereocenters. The van der Waals surface area contributed by atoms with Crippen LogP contribution >= 0.6 is 11.6 Å². The van der Waals surface area contributed by atoms with Gasteiger partial charge < -0.3 is 9.73 Å². The zero-order valence-electron chi connectivity index (χ0n) is 18.1. The van der Waals surface area contributed by atoms with Crippen molar-refractivity contribution in [3.8, 4) is 0 Å². The van der Waals surface area contributed by atoms with Crippen LogP contribution in [0.2, 0.25) is 5.02 Å². The van der Waals surface area contributed by atoms with Gasteiger partial charge in [0, 0.05) is 30.7 Å². The Hall–Kier alpha value is -2.62. The third kappa shape index (κ3) is 5.48. The zero-order valence-corrected chi connectivity index (χ0v) is 19.7. The number of nitrogens with zero attached hydrogens (tertiary/aromatic N) is 2. The fourth-order valence-electron chi connectivity index (χ4n) is 3.98. The van der Waals surface area contributed by atoms with Gasteiger partial charge in [-0.25, -0.2) is 13.2 Å². The molecule has 1 amide bonds. The minimum atomic E-state index is -3.67. The summed E-state index contributed by atoms with van der Waals surface area (Å²) in [5.74, 6) is -1.04. The Morgan fingerprint density at radius 3 is 2.42 bits per heavy atom. The van der Waals surface area contributed by atoms with E-state index in [1.54, 1.807) is 12.1 Å². The van der Waals surface area contributed by atoms with Gasteiger partial charge in [-0.1, -0.05) is 36.6 Å². The van der Waals surface area contributed by atoms with Crippen LogP contribution in [0.4, 0.5) is 0 Å². The van der Waals surface area contributed by atoms with Crippen molar-refractivity contribution < 1.29 is 17.6 Å². The molecule has 2 aromatic carbocycles. The van der Waals surface area contributed by atoms with Crippen LogP contribution in [0.25, 0.3) is 11.1 Å². The monoisotopic (exact) mass is 491 g/mol. The van der Waals surface area contributed by atoms with E-state index < -0.39 is 15.8 Å². The highest BCUT2D eigenvalue weighted by atomic mass is 35.5. The van der Waals surface area contributed by atoms with E-state index in [1.165, 1.54) is 27.1 Å². The summed E-state index contributed by atoms with van der Waals surface area (Å²) in [6.07, 6.45) is 4.33. The number of rotatable bonds is 7. The lowest BCUT2D eigenvalue weighted by atomic mass is 10.1. The Bertz CT molecular complexity index is 1290. The number of halogens is 1. The summed E-state index contributed by atoms with van der Waals surface area (Å²) in [4.78, 5) is 24.8. The predicted molar refractivity (Wildman–Crippen MR) is 126 cm³/mol. The predicted octanol–water partition coefficient (Wildman–Crippen LogP) is 3.17. The first-order valence-corrected chi connectivity index (χ1v) is 12.8. The molecule has 0 aliphatic carbocycles. The molecule has 1 fully saturated rings. The lowest BCUT2D eigenvalue weighted by molar-refractivity contribution is -0.121. The number of oxazole rings is 1. The average molecular weight is 492 g/mol. The van der Waals surface area contributed by atoms with E-state index in [0.717, 1.165) is 31.2 Å². The molecule has 1 aromatic heterocycles. The van der Waals surface area contributed by atoms with E-state index in [1.807, 2.05) is 12.1 Å². The molecule has 0 unspecified atom stereocenters. The lowest BCUT2D eigenvalue weighted by Gasteiger charge is -2.19. The largest absolute Gasteiger partial charge is 0.420 e. The highest BCUT2D eigenvalue weighted by Gasteiger charge is 2.26. The number of nitrogens with one attached hydrogen (secondary N) is 1. The van der Waals surface area contributed by atoms with Gasteiger partial charge in [0.2, 0.25) is 15.9 Å². The summed E-state index contributed by atoms with van der Waals surface area (Å²) in [5.41, 5.74) is 1.55. The molecule has 1 aliphatic rings. The average Bonchev–Trinajstić information content (AvgIpc) is 2.96. The number of amides is 1. The van der Waals surface area contributed by atoms with Crippen molar-refractivity contribution >= 4 is 38.6 Å². The van der Waals surface area contributed by atoms with Gasteiger partial charge in [-0.05, 0) is 49.1 Å². The van der Waals surface area contributed by atoms with E-state index in [4.69, 9.17) is 16.0 Å². The second-order valence-electron chi connectivity index (χ2n) is 8.13. The summed E-state index contributed by atoms with van der Waals surface area (Å²) in [7, 11) is -3.67. The number of hydrogen-bond acceptors (Lipinski definition) is 5. The molecule has 176 valence electrons. The van der Waals surface area contributed by atoms with E-state index >= 15 is 0 Å². The number of carbonyl (C=O) groups excluding carboxylic acids is 1. The Morgan fingerprint density at radius 2 is 1.73 bits per heavy atom. The Kier molecular flexibility index (Phi) is 7.21. The van der Waals surface area contributed by atoms with Gasteiger partial charge >= 0.3 is 5.76 Å². The van der Waals surface area contributed by atoms with Crippen LogP contribution < -0.4 is 11.1 Å². The zero-order chi connectivity index (χ0) is 23.4. The fraction of sp³-hybridized carbons (Fsp3) is 0.391. The first-order chi connectivity index (χ1) is 15.8. The molecule has 3 aromatic rings. The molecule has 0 bridgehead atoms. The van der Waals surface area contributed by atoms with Crippen LogP contribution in [0, 0.1) is 0 Å². The topological polar surface area (TPSA) is 102 Å². The molecular weight excluding hydrogens is 466 g/mol. The SMILES string of the molecule is O=C(Cn1c(=O)oc2cc(S(=O)(=O)N3CCCCCC3)ccc21)NCCc1ccc(Cl)cc1. The third-order valence-electron chi connectivity index (χ3n) is 5.79. The summed E-state index contributed by atoms with van der Waals surface area (Å²) >= 11 is 5.87. The van der Waals surface area contributed by atoms with Gasteiger partial charge in [-0.3, -0.25) is 9.36 Å². The smallest absolute Gasteiger partial charge is 0.408 e. The maximum atomic E-state index is 13.0. The Morgan fingerprint density at radius 1 is 1.03 bits per heavy atom. The van der Waals surface area contributed by atoms with Crippen LogP contribution in [-0.2, 0) is 27.8 Å². The number of sulfonamides is 1. The van der Waals surface area contributed by atoms with Crippen molar-refractivity contribution in [2.24, 2.45) is 0 Å². The first-order valence-electron chi connectivity index (χ1n) is 11.0. The van der Waals surface area contributed by atoms with Crippen LogP contribution in [0.3, 0.4) is 0 Å². The van der Waals surface area contributed by atoms with Crippen LogP contribution in [-0.4, -0.2) is 42.8 Å². The highest BCUT2D eigenvalue weighted by Crippen LogP contribution is 2.24. The maximum absolute atomic E-state index is 13.0. The van der Waals surface area contributed by atoms with E-state index in [2.05, 4.69) is 5.32 Å². The van der Waals surface area contributed by atoms with Crippen molar-refractivity contribution in [3.63, 3.8) is 0 Å². The molecule has 0 saturated carbocycles. The van der Waals surface area contributed by atoms with Gasteiger partial charge in [0.15, 0.2) is 5.58 Å². The molecule has 8 nitrogen and oxygen atoms in total. The van der Waals surface area contributed by atoms with Gasteiger partial charge in [0.05, 0.1) is 10.4 Å². The Balaban J connectivity index is 1.45. The molecule has 4 rings (SSSR count). The first kappa shape index (κ1) is 23.5. The second kappa shape index (κ2) is 10.1. The number of benzene rings is 2. The van der Waals surface area contributed by atoms with Crippen molar-refractivity contribution in [1.29, 1.82) is 0 Å². The second-order valence-corrected chi connectivity index (χ2v) is 10.5. The van der Waals surface area contributed by atoms with Crippen LogP contribution in [0.1, 0.15) is 31.2 Å². The fourth-order valence-corrected chi connectivity index (χ4v) is 5.64. The molecule has 0 spiro atoms. The van der Waals surface area contributed by atoms with E-state index in [-0.39, 0.29) is 22.9 Å². The highest BCUT2D eigenvalue weighted by molar-refractivity contribution is 7.89. The van der Waals surface area contributed by atoms with Crippen molar-refractivity contribution in [2.75, 3.05) is 19.6 Å². The third-order valence-corrected chi connectivity index (χ3v) is 7.94. The molecule has 33 heavy (non-hydrogen) atoms. The number of fused-ring (bicyclic) bond motifs is 1. The number of carbonyl (C=O) groups is 1. The quantitative estimate of drug-likeness (QED) is 0.547. The molecule has 10 heteroatoms. The van der Waals surface area contributed by atoms with Gasteiger partial charge in [-0.2, -0.15) is 4.31 Å². The number of hydrogen-bond donors (Lipinski definition) is 1.